The van der Waals surface area contributed by atoms with Crippen LogP contribution < -0.4 is 10.5 Å². The number of H-pyrrole nitrogens is 1. The molecule has 1 aliphatic heterocycles. The zero-order chi connectivity index (χ0) is 25.0. The van der Waals surface area contributed by atoms with Gasteiger partial charge in [0.05, 0.1) is 17.2 Å². The van der Waals surface area contributed by atoms with E-state index in [1.807, 2.05) is 43.3 Å². The first-order valence-corrected chi connectivity index (χ1v) is 11.4. The molecule has 2 aromatic carbocycles. The van der Waals surface area contributed by atoms with E-state index in [0.29, 0.717) is 11.5 Å². The molecule has 1 aliphatic rings. The van der Waals surface area contributed by atoms with Gasteiger partial charge in [0.1, 0.15) is 17.4 Å². The van der Waals surface area contributed by atoms with Gasteiger partial charge in [-0.3, -0.25) is 5.10 Å². The summed E-state index contributed by atoms with van der Waals surface area (Å²) >= 11 is 0. The van der Waals surface area contributed by atoms with Gasteiger partial charge >= 0.3 is 0 Å². The molecule has 4 N–H and O–H groups in total. The SMILES string of the molecule is Cc1ccc(-c2[nH]nc3c2C(c2cc(C(C)(C)C)c(O)c(C(C)(C)C)c2)C(C#N)=C(N)O3)cc1. The molecule has 1 atom stereocenters. The average molecular weight is 457 g/mol. The Kier molecular flexibility index (Phi) is 5.48. The Hall–Kier alpha value is -3.72. The molecule has 0 fully saturated rings. The first-order chi connectivity index (χ1) is 15.8. The average Bonchev–Trinajstić information content (AvgIpc) is 3.15. The van der Waals surface area contributed by atoms with Crippen molar-refractivity contribution in [3.63, 3.8) is 0 Å². The summed E-state index contributed by atoms with van der Waals surface area (Å²) in [7, 11) is 0. The van der Waals surface area contributed by atoms with Gasteiger partial charge in [-0.15, -0.1) is 5.10 Å². The number of phenols is 1. The number of fused-ring (bicyclic) bond motifs is 1. The number of phenolic OH excluding ortho intramolecular Hbond substituents is 1. The highest BCUT2D eigenvalue weighted by molar-refractivity contribution is 5.71. The highest BCUT2D eigenvalue weighted by Crippen LogP contribution is 2.49. The van der Waals surface area contributed by atoms with E-state index in [1.54, 1.807) is 0 Å². The van der Waals surface area contributed by atoms with Crippen LogP contribution in [0.15, 0.2) is 47.9 Å². The molecule has 6 heteroatoms. The molecule has 0 saturated heterocycles. The summed E-state index contributed by atoms with van der Waals surface area (Å²) < 4.78 is 5.77. The predicted octanol–water partition coefficient (Wildman–Crippen LogP) is 5.90. The summed E-state index contributed by atoms with van der Waals surface area (Å²) in [5, 5.41) is 28.8. The van der Waals surface area contributed by atoms with Crippen LogP contribution in [0.2, 0.25) is 0 Å². The summed E-state index contributed by atoms with van der Waals surface area (Å²) in [6.07, 6.45) is 0. The number of rotatable bonds is 2. The van der Waals surface area contributed by atoms with Gasteiger partial charge in [0.2, 0.25) is 11.8 Å². The molecule has 0 bridgehead atoms. The quantitative estimate of drug-likeness (QED) is 0.445. The minimum absolute atomic E-state index is 0.0460. The van der Waals surface area contributed by atoms with Crippen molar-refractivity contribution in [2.75, 3.05) is 0 Å². The van der Waals surface area contributed by atoms with Gasteiger partial charge < -0.3 is 15.6 Å². The van der Waals surface area contributed by atoms with Crippen LogP contribution in [0.5, 0.6) is 11.6 Å². The number of aromatic nitrogens is 2. The second-order valence-corrected chi connectivity index (χ2v) is 11.1. The van der Waals surface area contributed by atoms with E-state index in [0.717, 1.165) is 39.1 Å². The van der Waals surface area contributed by atoms with Crippen molar-refractivity contribution in [1.82, 2.24) is 10.2 Å². The third-order valence-electron chi connectivity index (χ3n) is 6.36. The van der Waals surface area contributed by atoms with Crippen LogP contribution in [-0.2, 0) is 10.8 Å². The molecule has 1 unspecified atom stereocenters. The summed E-state index contributed by atoms with van der Waals surface area (Å²) in [6.45, 7) is 14.4. The fraction of sp³-hybridized carbons (Fsp3) is 0.357. The molecule has 6 nitrogen and oxygen atoms in total. The van der Waals surface area contributed by atoms with E-state index in [2.05, 4.69) is 57.8 Å². The fourth-order valence-corrected chi connectivity index (χ4v) is 4.49. The second kappa shape index (κ2) is 7.95. The molecule has 1 aromatic heterocycles. The van der Waals surface area contributed by atoms with Crippen LogP contribution in [0.25, 0.3) is 11.3 Å². The maximum Gasteiger partial charge on any atom is 0.244 e. The standard InChI is InChI=1S/C28H32N4O2/c1-15-8-10-16(11-9-15)23-22-21(18(14-29)25(30)34-26(22)32-31-23)17-12-19(27(2,3)4)24(33)20(13-17)28(5,6)7/h8-13,21,33H,30H2,1-7H3,(H,31,32). The summed E-state index contributed by atoms with van der Waals surface area (Å²) in [5.74, 6) is 0.202. The van der Waals surface area contributed by atoms with Gasteiger partial charge in [-0.25, -0.2) is 0 Å². The lowest BCUT2D eigenvalue weighted by Crippen LogP contribution is -2.23. The highest BCUT2D eigenvalue weighted by Gasteiger charge is 2.37. The van der Waals surface area contributed by atoms with E-state index < -0.39 is 5.92 Å². The third-order valence-corrected chi connectivity index (χ3v) is 6.36. The lowest BCUT2D eigenvalue weighted by Gasteiger charge is -2.31. The van der Waals surface area contributed by atoms with Crippen LogP contribution in [0.1, 0.15) is 75.3 Å². The van der Waals surface area contributed by atoms with Crippen molar-refractivity contribution in [3.8, 4) is 29.0 Å². The largest absolute Gasteiger partial charge is 0.507 e. The molecule has 0 radical (unpaired) electrons. The van der Waals surface area contributed by atoms with E-state index in [1.165, 1.54) is 0 Å². The second-order valence-electron chi connectivity index (χ2n) is 11.1. The number of aromatic amines is 1. The monoisotopic (exact) mass is 456 g/mol. The summed E-state index contributed by atoms with van der Waals surface area (Å²) in [4.78, 5) is 0. The fourth-order valence-electron chi connectivity index (χ4n) is 4.49. The zero-order valence-electron chi connectivity index (χ0n) is 20.9. The Labute approximate surface area is 201 Å². The van der Waals surface area contributed by atoms with Crippen LogP contribution in [0.3, 0.4) is 0 Å². The maximum absolute atomic E-state index is 11.2. The Morgan fingerprint density at radius 1 is 1.03 bits per heavy atom. The Balaban J connectivity index is 2.04. The Morgan fingerprint density at radius 3 is 2.09 bits per heavy atom. The third kappa shape index (κ3) is 3.92. The first-order valence-electron chi connectivity index (χ1n) is 11.4. The number of nitrogens with one attached hydrogen (secondary N) is 1. The highest BCUT2D eigenvalue weighted by atomic mass is 16.5. The molecule has 3 aromatic rings. The van der Waals surface area contributed by atoms with Crippen LogP contribution in [-0.4, -0.2) is 15.3 Å². The van der Waals surface area contributed by atoms with E-state index >= 15 is 0 Å². The van der Waals surface area contributed by atoms with Gasteiger partial charge in [0.25, 0.3) is 0 Å². The molecule has 4 rings (SSSR count). The van der Waals surface area contributed by atoms with Crippen LogP contribution in [0.4, 0.5) is 0 Å². The number of allylic oxidation sites excluding steroid dienone is 1. The molecular weight excluding hydrogens is 424 g/mol. The van der Waals surface area contributed by atoms with Crippen LogP contribution >= 0.6 is 0 Å². The summed E-state index contributed by atoms with van der Waals surface area (Å²) in [5.41, 5.74) is 12.0. The number of nitriles is 1. The molecule has 0 spiro atoms. The smallest absolute Gasteiger partial charge is 0.244 e. The lowest BCUT2D eigenvalue weighted by molar-refractivity contribution is 0.378. The van der Waals surface area contributed by atoms with Gasteiger partial charge in [-0.05, 0) is 34.4 Å². The van der Waals surface area contributed by atoms with Crippen molar-refractivity contribution in [3.05, 3.63) is 75.7 Å². The van der Waals surface area contributed by atoms with Gasteiger partial charge in [-0.2, -0.15) is 5.26 Å². The van der Waals surface area contributed by atoms with Crippen LogP contribution in [0, 0.1) is 18.3 Å². The molecule has 0 aliphatic carbocycles. The van der Waals surface area contributed by atoms with Crippen molar-refractivity contribution < 1.29 is 9.84 Å². The number of aryl methyl sites for hydroxylation is 1. The topological polar surface area (TPSA) is 108 Å². The van der Waals surface area contributed by atoms with E-state index in [-0.39, 0.29) is 22.5 Å². The number of benzene rings is 2. The van der Waals surface area contributed by atoms with Gasteiger partial charge in [0.15, 0.2) is 0 Å². The predicted molar refractivity (Wildman–Crippen MR) is 134 cm³/mol. The van der Waals surface area contributed by atoms with Crippen molar-refractivity contribution in [2.24, 2.45) is 5.73 Å². The molecule has 34 heavy (non-hydrogen) atoms. The number of ether oxygens (including phenoxy) is 1. The van der Waals surface area contributed by atoms with E-state index in [9.17, 15) is 10.4 Å². The molecule has 176 valence electrons. The van der Waals surface area contributed by atoms with Crippen molar-refractivity contribution in [1.29, 1.82) is 5.26 Å². The summed E-state index contributed by atoms with van der Waals surface area (Å²) in [6, 6.07) is 14.4. The van der Waals surface area contributed by atoms with Gasteiger partial charge in [-0.1, -0.05) is 83.5 Å². The van der Waals surface area contributed by atoms with Gasteiger partial charge in [0, 0.05) is 5.56 Å². The Morgan fingerprint density at radius 2 is 1.59 bits per heavy atom. The minimum Gasteiger partial charge on any atom is -0.507 e. The molecule has 0 saturated carbocycles. The van der Waals surface area contributed by atoms with Crippen molar-refractivity contribution >= 4 is 0 Å². The zero-order valence-corrected chi connectivity index (χ0v) is 20.9. The normalized spacial score (nSPS) is 16.1. The number of hydrogen-bond acceptors (Lipinski definition) is 5. The first kappa shape index (κ1) is 23.4. The minimum atomic E-state index is -0.494. The van der Waals surface area contributed by atoms with Crippen molar-refractivity contribution in [2.45, 2.75) is 65.2 Å². The number of hydrogen-bond donors (Lipinski definition) is 3. The molecule has 2 heterocycles. The maximum atomic E-state index is 11.2. The number of nitrogens with two attached hydrogens (primary N) is 1. The Bertz CT molecular complexity index is 1290. The van der Waals surface area contributed by atoms with E-state index in [4.69, 9.17) is 10.5 Å². The molecule has 0 amide bonds. The number of aromatic hydroxyl groups is 1. The molecular formula is C28H32N4O2. The lowest BCUT2D eigenvalue weighted by atomic mass is 9.74. The number of nitrogens with zero attached hydrogens (tertiary/aromatic N) is 2.